The Balaban J connectivity index is 0.994. The molecule has 0 saturated heterocycles. The minimum atomic E-state index is -5.30. The lowest BCUT2D eigenvalue weighted by Gasteiger charge is -2.17. The van der Waals surface area contributed by atoms with Crippen molar-refractivity contribution in [2.24, 2.45) is 40.9 Å². The molecule has 1 aliphatic rings. The summed E-state index contributed by atoms with van der Waals surface area (Å²) in [5.41, 5.74) is 10.1. The van der Waals surface area contributed by atoms with E-state index in [1.54, 1.807) is 0 Å². The van der Waals surface area contributed by atoms with Gasteiger partial charge in [0.05, 0.1) is 49.0 Å². The lowest BCUT2D eigenvalue weighted by molar-refractivity contribution is 0.0979. The minimum Gasteiger partial charge on any atom is -0.505 e. The van der Waals surface area contributed by atoms with Crippen LogP contribution in [0.2, 0.25) is 0 Å². The van der Waals surface area contributed by atoms with Crippen LogP contribution in [0, 0.1) is 0 Å². The number of phenolic OH excluding ortho intramolecular Hbond substituents is 2. The van der Waals surface area contributed by atoms with Gasteiger partial charge in [-0.1, -0.05) is 6.07 Å². The van der Waals surface area contributed by atoms with Gasteiger partial charge in [-0.3, -0.25) is 27.8 Å². The van der Waals surface area contributed by atoms with Crippen LogP contribution >= 0.6 is 0 Å². The number of nitrogens with zero attached hydrogens (tertiary/aromatic N) is 8. The minimum absolute atomic E-state index is 0.0529. The summed E-state index contributed by atoms with van der Waals surface area (Å²) in [4.78, 5) is 24.5. The molecule has 1 aliphatic carbocycles. The van der Waals surface area contributed by atoms with E-state index in [-0.39, 0.29) is 83.9 Å². The van der Waals surface area contributed by atoms with Crippen molar-refractivity contribution >= 4 is 130 Å². The second kappa shape index (κ2) is 19.0. The largest absolute Gasteiger partial charge is 0.505 e. The van der Waals surface area contributed by atoms with Gasteiger partial charge in [-0.15, -0.1) is 25.6 Å². The number of nitrogen functional groups attached to an aromatic ring is 2. The number of nitrogens with two attached hydrogens (primary N) is 2. The van der Waals surface area contributed by atoms with Crippen LogP contribution in [0.5, 0.6) is 11.5 Å². The van der Waals surface area contributed by atoms with Crippen molar-refractivity contribution in [3.05, 3.63) is 144 Å². The van der Waals surface area contributed by atoms with Crippen molar-refractivity contribution in [2.45, 2.75) is 19.6 Å². The Kier molecular flexibility index (Phi) is 12.9. The maximum atomic E-state index is 13.9. The summed E-state index contributed by atoms with van der Waals surface area (Å²) in [6.07, 6.45) is 0. The van der Waals surface area contributed by atoms with Gasteiger partial charge in [-0.2, -0.15) is 49.0 Å². The summed E-state index contributed by atoms with van der Waals surface area (Å²) in [7, 11) is -19.8. The van der Waals surface area contributed by atoms with Crippen molar-refractivity contribution in [3.63, 3.8) is 0 Å². The molecule has 384 valence electrons. The molecule has 0 atom stereocenters. The number of ketones is 2. The fraction of sp³-hybridized carbons (Fsp3) is 0. The van der Waals surface area contributed by atoms with Crippen LogP contribution in [0.1, 0.15) is 31.8 Å². The van der Waals surface area contributed by atoms with E-state index in [0.717, 1.165) is 30.3 Å². The van der Waals surface area contributed by atoms with E-state index in [1.165, 1.54) is 72.8 Å². The molecular formula is C46H30N10O16S4. The van der Waals surface area contributed by atoms with Gasteiger partial charge < -0.3 is 21.7 Å². The predicted molar refractivity (Wildman–Crippen MR) is 269 cm³/mol. The van der Waals surface area contributed by atoms with Crippen molar-refractivity contribution < 1.29 is 71.7 Å². The molecule has 9 rings (SSSR count). The maximum absolute atomic E-state index is 13.9. The fourth-order valence-corrected chi connectivity index (χ4v) is 10.1. The van der Waals surface area contributed by atoms with Crippen LogP contribution in [0.25, 0.3) is 21.5 Å². The van der Waals surface area contributed by atoms with Gasteiger partial charge in [-0.05, 0) is 115 Å². The van der Waals surface area contributed by atoms with E-state index < -0.39 is 94.5 Å². The summed E-state index contributed by atoms with van der Waals surface area (Å²) in [5.74, 6) is -2.66. The van der Waals surface area contributed by atoms with E-state index in [9.17, 15) is 71.7 Å². The van der Waals surface area contributed by atoms with E-state index in [2.05, 4.69) is 40.9 Å². The van der Waals surface area contributed by atoms with Crippen LogP contribution < -0.4 is 11.5 Å². The first-order valence-electron chi connectivity index (χ1n) is 21.0. The molecule has 0 spiro atoms. The van der Waals surface area contributed by atoms with Crippen molar-refractivity contribution in [1.82, 2.24) is 0 Å². The standard InChI is InChI=1S/C46H30N10O16S4/c47-32-10-13-34(52-49-21-2-1-3-24(16-21)73(61,62)63)28-9-12-36(45(59)40(28)32)54-50-22-4-7-26-29(17-22)43(57)27-8-5-23(18-30(27)44(26)58)51-56-42-39(76(70,71)72)20-31-35(14-11-33(48)41(31)46(42)60)53-55-37-19-25(74(64,65)66)6-15-38(37)75(67,68)69/h1-20,59-60H,47-48H2,(H,61,62,63)(H,64,65,66)(H,67,68,69)(H,70,71,72). The van der Waals surface area contributed by atoms with E-state index in [0.29, 0.717) is 23.6 Å². The second-order valence-electron chi connectivity index (χ2n) is 16.1. The number of rotatable bonds is 12. The molecule has 76 heavy (non-hydrogen) atoms. The quantitative estimate of drug-likeness (QED) is 0.0320. The van der Waals surface area contributed by atoms with Crippen LogP contribution in [-0.2, 0) is 40.5 Å². The number of azo groups is 4. The highest BCUT2D eigenvalue weighted by Crippen LogP contribution is 2.48. The number of hydrogen-bond acceptors (Lipinski definition) is 22. The molecule has 0 fully saturated rings. The Hall–Kier alpha value is -9.14. The molecule has 0 saturated carbocycles. The highest BCUT2D eigenvalue weighted by atomic mass is 32.2. The first-order valence-corrected chi connectivity index (χ1v) is 26.8. The third kappa shape index (κ3) is 9.97. The zero-order valence-corrected chi connectivity index (χ0v) is 40.9. The SMILES string of the molecule is Nc1ccc(N=Nc2cccc(S(=O)(=O)O)c2)c2ccc(N=Nc3ccc4c(c3)C(=O)c3ccc(N=Nc5c(S(=O)(=O)O)cc6c(N=Nc7cc(S(=O)(=O)O)ccc7S(=O)(=O)O)ccc(N)c6c5O)cc3C4=O)c(O)c12. The summed E-state index contributed by atoms with van der Waals surface area (Å²) in [6, 6.07) is 23.5. The van der Waals surface area contributed by atoms with Gasteiger partial charge in [-0.25, -0.2) is 0 Å². The normalized spacial score (nSPS) is 13.5. The molecular weight excluding hydrogens is 1080 g/mol. The molecule has 26 nitrogen and oxygen atoms in total. The van der Waals surface area contributed by atoms with Gasteiger partial charge in [0.25, 0.3) is 40.5 Å². The van der Waals surface area contributed by atoms with Gasteiger partial charge in [0, 0.05) is 44.4 Å². The average Bonchev–Trinajstić information content (AvgIpc) is 3.36. The summed E-state index contributed by atoms with van der Waals surface area (Å²) >= 11 is 0. The molecule has 0 bridgehead atoms. The molecule has 0 unspecified atom stereocenters. The summed E-state index contributed by atoms with van der Waals surface area (Å²) in [6.45, 7) is 0. The molecule has 0 heterocycles. The number of hydrogen-bond donors (Lipinski definition) is 8. The van der Waals surface area contributed by atoms with Gasteiger partial charge in [0.15, 0.2) is 23.1 Å². The Morgan fingerprint density at radius 1 is 0.368 bits per heavy atom. The molecule has 8 aromatic carbocycles. The van der Waals surface area contributed by atoms with Gasteiger partial charge >= 0.3 is 0 Å². The van der Waals surface area contributed by atoms with Gasteiger partial charge in [0.2, 0.25) is 0 Å². The number of benzene rings is 8. The summed E-state index contributed by atoms with van der Waals surface area (Å²) < 4.78 is 135. The van der Waals surface area contributed by atoms with E-state index in [1.807, 2.05) is 0 Å². The maximum Gasteiger partial charge on any atom is 0.296 e. The first-order chi connectivity index (χ1) is 35.7. The number of fused-ring (bicyclic) bond motifs is 4. The van der Waals surface area contributed by atoms with E-state index in [4.69, 9.17) is 11.5 Å². The van der Waals surface area contributed by atoms with E-state index >= 15 is 0 Å². The Morgan fingerprint density at radius 2 is 0.842 bits per heavy atom. The molecule has 0 radical (unpaired) electrons. The van der Waals surface area contributed by atoms with Crippen LogP contribution in [-0.4, -0.2) is 73.7 Å². The lowest BCUT2D eigenvalue weighted by Crippen LogP contribution is -2.20. The molecule has 0 amide bonds. The zero-order chi connectivity index (χ0) is 54.8. The third-order valence-corrected chi connectivity index (χ3v) is 14.8. The Labute approximate surface area is 427 Å². The number of phenols is 2. The predicted octanol–water partition coefficient (Wildman–Crippen LogP) is 9.99. The molecule has 0 aliphatic heterocycles. The highest BCUT2D eigenvalue weighted by Gasteiger charge is 2.31. The van der Waals surface area contributed by atoms with Crippen molar-refractivity contribution in [1.29, 1.82) is 0 Å². The number of carbonyl (C=O) groups excluding carboxylic acids is 2. The van der Waals surface area contributed by atoms with Crippen molar-refractivity contribution in [2.75, 3.05) is 11.5 Å². The third-order valence-electron chi connectivity index (χ3n) is 11.3. The topological polar surface area (TPSA) is 443 Å². The van der Waals surface area contributed by atoms with Crippen LogP contribution in [0.3, 0.4) is 0 Å². The lowest BCUT2D eigenvalue weighted by atomic mass is 9.83. The smallest absolute Gasteiger partial charge is 0.296 e. The average molecular weight is 1110 g/mol. The second-order valence-corrected chi connectivity index (χ2v) is 21.8. The summed E-state index contributed by atoms with van der Waals surface area (Å²) in [5, 5.41) is 54.3. The molecule has 0 aromatic heterocycles. The highest BCUT2D eigenvalue weighted by molar-refractivity contribution is 7.86. The Bertz CT molecular complexity index is 4510. The number of aromatic hydroxyl groups is 2. The number of carbonyl (C=O) groups is 2. The Morgan fingerprint density at radius 3 is 1.41 bits per heavy atom. The molecule has 10 N–H and O–H groups in total. The van der Waals surface area contributed by atoms with Crippen LogP contribution in [0.15, 0.2) is 182 Å². The first kappa shape index (κ1) is 51.7. The van der Waals surface area contributed by atoms with Crippen LogP contribution in [0.4, 0.5) is 56.9 Å². The van der Waals surface area contributed by atoms with Crippen molar-refractivity contribution in [3.8, 4) is 11.5 Å². The monoisotopic (exact) mass is 1110 g/mol. The fourth-order valence-electron chi connectivity index (χ4n) is 7.80. The zero-order valence-electron chi connectivity index (χ0n) is 37.7. The molecule has 8 aromatic rings. The number of anilines is 2. The molecule has 30 heteroatoms. The van der Waals surface area contributed by atoms with Gasteiger partial charge in [0.1, 0.15) is 26.9 Å².